The van der Waals surface area contributed by atoms with E-state index in [2.05, 4.69) is 5.10 Å². The molecule has 0 bridgehead atoms. The molecule has 0 unspecified atom stereocenters. The topological polar surface area (TPSA) is 34.9 Å². The molecule has 13 heavy (non-hydrogen) atoms. The van der Waals surface area contributed by atoms with Gasteiger partial charge >= 0.3 is 0 Å². The number of ketones is 1. The van der Waals surface area contributed by atoms with Crippen LogP contribution < -0.4 is 0 Å². The minimum Gasteiger partial charge on any atom is -0.293 e. The predicted octanol–water partition coefficient (Wildman–Crippen LogP) is 1.58. The fourth-order valence-corrected chi connectivity index (χ4v) is 1.82. The van der Waals surface area contributed by atoms with Crippen LogP contribution in [0.3, 0.4) is 0 Å². The van der Waals surface area contributed by atoms with Gasteiger partial charge in [0, 0.05) is 18.7 Å². The fourth-order valence-electron chi connectivity index (χ4n) is 1.82. The summed E-state index contributed by atoms with van der Waals surface area (Å²) in [6.07, 6.45) is 3.67. The van der Waals surface area contributed by atoms with Gasteiger partial charge in [0.1, 0.15) is 0 Å². The highest BCUT2D eigenvalue weighted by Crippen LogP contribution is 2.33. The Hall–Kier alpha value is -1.12. The van der Waals surface area contributed by atoms with Crippen LogP contribution in [0.25, 0.3) is 0 Å². The molecule has 0 fully saturated rings. The Kier molecular flexibility index (Phi) is 1.59. The molecule has 0 saturated carbocycles. The standard InChI is InChI=1S/C10H14N2O/c1-10(2)5-4-8-7(9(10)13)6-12(3)11-8/h6H,4-5H2,1-3H3. The van der Waals surface area contributed by atoms with Crippen LogP contribution in [-0.4, -0.2) is 15.6 Å². The number of nitrogens with zero attached hydrogens (tertiary/aromatic N) is 2. The maximum Gasteiger partial charge on any atom is 0.171 e. The summed E-state index contributed by atoms with van der Waals surface area (Å²) in [6, 6.07) is 0. The summed E-state index contributed by atoms with van der Waals surface area (Å²) in [5.41, 5.74) is 1.58. The monoisotopic (exact) mass is 178 g/mol. The predicted molar refractivity (Wildman–Crippen MR) is 49.6 cm³/mol. The molecule has 3 nitrogen and oxygen atoms in total. The average molecular weight is 178 g/mol. The van der Waals surface area contributed by atoms with E-state index in [4.69, 9.17) is 0 Å². The van der Waals surface area contributed by atoms with Crippen molar-refractivity contribution in [2.24, 2.45) is 12.5 Å². The molecular weight excluding hydrogens is 164 g/mol. The molecule has 0 radical (unpaired) electrons. The van der Waals surface area contributed by atoms with Crippen LogP contribution in [0, 0.1) is 5.41 Å². The highest BCUT2D eigenvalue weighted by molar-refractivity contribution is 6.01. The van der Waals surface area contributed by atoms with E-state index in [0.717, 1.165) is 24.1 Å². The second-order valence-corrected chi connectivity index (χ2v) is 4.38. The van der Waals surface area contributed by atoms with E-state index in [-0.39, 0.29) is 11.2 Å². The first-order chi connectivity index (χ1) is 6.00. The number of fused-ring (bicyclic) bond motifs is 1. The van der Waals surface area contributed by atoms with E-state index in [9.17, 15) is 4.79 Å². The third-order valence-corrected chi connectivity index (χ3v) is 2.75. The van der Waals surface area contributed by atoms with Crippen LogP contribution in [0.15, 0.2) is 6.20 Å². The van der Waals surface area contributed by atoms with Gasteiger partial charge in [0.25, 0.3) is 0 Å². The van der Waals surface area contributed by atoms with Gasteiger partial charge in [-0.1, -0.05) is 13.8 Å². The highest BCUT2D eigenvalue weighted by Gasteiger charge is 2.35. The molecule has 3 heteroatoms. The zero-order valence-corrected chi connectivity index (χ0v) is 8.29. The molecule has 1 aromatic heterocycles. The lowest BCUT2D eigenvalue weighted by Gasteiger charge is -2.26. The van der Waals surface area contributed by atoms with Gasteiger partial charge in [-0.2, -0.15) is 5.10 Å². The quantitative estimate of drug-likeness (QED) is 0.604. The zero-order valence-electron chi connectivity index (χ0n) is 8.29. The van der Waals surface area contributed by atoms with Crippen LogP contribution in [0.1, 0.15) is 36.3 Å². The number of hydrogen-bond acceptors (Lipinski definition) is 2. The van der Waals surface area contributed by atoms with E-state index in [1.54, 1.807) is 4.68 Å². The Morgan fingerprint density at radius 3 is 2.92 bits per heavy atom. The van der Waals surface area contributed by atoms with Gasteiger partial charge in [0.15, 0.2) is 5.78 Å². The summed E-state index contributed by atoms with van der Waals surface area (Å²) in [5.74, 6) is 0.238. The molecule has 0 atom stereocenters. The molecule has 1 aliphatic carbocycles. The third-order valence-electron chi connectivity index (χ3n) is 2.75. The summed E-state index contributed by atoms with van der Waals surface area (Å²) in [5, 5.41) is 4.26. The van der Waals surface area contributed by atoms with Crippen molar-refractivity contribution in [1.29, 1.82) is 0 Å². The minimum absolute atomic E-state index is 0.198. The lowest BCUT2D eigenvalue weighted by Crippen LogP contribution is -2.29. The van der Waals surface area contributed by atoms with Gasteiger partial charge in [-0.3, -0.25) is 9.48 Å². The van der Waals surface area contributed by atoms with Gasteiger partial charge in [-0.05, 0) is 12.8 Å². The molecule has 0 N–H and O–H groups in total. The summed E-state index contributed by atoms with van der Waals surface area (Å²) in [7, 11) is 1.86. The first-order valence-corrected chi connectivity index (χ1v) is 4.58. The summed E-state index contributed by atoms with van der Waals surface area (Å²) < 4.78 is 1.73. The molecule has 70 valence electrons. The molecule has 0 aromatic carbocycles. The number of carbonyl (C=O) groups excluding carboxylic acids is 1. The Morgan fingerprint density at radius 1 is 1.54 bits per heavy atom. The number of aromatic nitrogens is 2. The lowest BCUT2D eigenvalue weighted by atomic mass is 9.75. The van der Waals surface area contributed by atoms with E-state index < -0.39 is 0 Å². The van der Waals surface area contributed by atoms with Crippen molar-refractivity contribution in [2.45, 2.75) is 26.7 Å². The molecule has 0 aliphatic heterocycles. The van der Waals surface area contributed by atoms with Crippen molar-refractivity contribution in [3.8, 4) is 0 Å². The van der Waals surface area contributed by atoms with Crippen molar-refractivity contribution in [2.75, 3.05) is 0 Å². The van der Waals surface area contributed by atoms with E-state index >= 15 is 0 Å². The zero-order chi connectivity index (χ0) is 9.64. The molecule has 1 heterocycles. The maximum absolute atomic E-state index is 11.9. The number of rotatable bonds is 0. The summed E-state index contributed by atoms with van der Waals surface area (Å²) in [4.78, 5) is 11.9. The SMILES string of the molecule is Cn1cc2c(n1)CCC(C)(C)C2=O. The Balaban J connectivity index is 2.51. The normalized spacial score (nSPS) is 20.1. The number of hydrogen-bond donors (Lipinski definition) is 0. The fraction of sp³-hybridized carbons (Fsp3) is 0.600. The Bertz CT molecular complexity index is 363. The number of aryl methyl sites for hydroxylation is 2. The van der Waals surface area contributed by atoms with Crippen LogP contribution in [0.4, 0.5) is 0 Å². The van der Waals surface area contributed by atoms with E-state index in [1.165, 1.54) is 0 Å². The van der Waals surface area contributed by atoms with Gasteiger partial charge in [0.2, 0.25) is 0 Å². The molecular formula is C10H14N2O. The number of Topliss-reactive ketones (excluding diaryl/α,β-unsaturated/α-hetero) is 1. The second-order valence-electron chi connectivity index (χ2n) is 4.38. The van der Waals surface area contributed by atoms with Crippen molar-refractivity contribution < 1.29 is 4.79 Å². The molecule has 1 aromatic rings. The molecule has 0 saturated heterocycles. The maximum atomic E-state index is 11.9. The second kappa shape index (κ2) is 2.44. The lowest BCUT2D eigenvalue weighted by molar-refractivity contribution is 0.0811. The first kappa shape index (κ1) is 8.48. The molecule has 2 rings (SSSR count). The summed E-state index contributed by atoms with van der Waals surface area (Å²) in [6.45, 7) is 4.01. The van der Waals surface area contributed by atoms with Crippen molar-refractivity contribution in [3.05, 3.63) is 17.5 Å². The van der Waals surface area contributed by atoms with E-state index in [1.807, 2.05) is 27.1 Å². The summed E-state index contributed by atoms with van der Waals surface area (Å²) >= 11 is 0. The average Bonchev–Trinajstić information content (AvgIpc) is 2.40. The van der Waals surface area contributed by atoms with Crippen molar-refractivity contribution in [3.63, 3.8) is 0 Å². The number of carbonyl (C=O) groups is 1. The van der Waals surface area contributed by atoms with Crippen LogP contribution in [0.5, 0.6) is 0 Å². The first-order valence-electron chi connectivity index (χ1n) is 4.58. The van der Waals surface area contributed by atoms with Crippen LogP contribution in [0.2, 0.25) is 0 Å². The molecule has 0 amide bonds. The third kappa shape index (κ3) is 1.19. The van der Waals surface area contributed by atoms with Gasteiger partial charge in [-0.15, -0.1) is 0 Å². The van der Waals surface area contributed by atoms with Crippen LogP contribution >= 0.6 is 0 Å². The highest BCUT2D eigenvalue weighted by atomic mass is 16.1. The minimum atomic E-state index is -0.198. The van der Waals surface area contributed by atoms with Gasteiger partial charge in [0.05, 0.1) is 11.3 Å². The van der Waals surface area contributed by atoms with E-state index in [0.29, 0.717) is 0 Å². The largest absolute Gasteiger partial charge is 0.293 e. The van der Waals surface area contributed by atoms with Gasteiger partial charge < -0.3 is 0 Å². The van der Waals surface area contributed by atoms with Gasteiger partial charge in [-0.25, -0.2) is 0 Å². The Morgan fingerprint density at radius 2 is 2.23 bits per heavy atom. The van der Waals surface area contributed by atoms with Crippen molar-refractivity contribution in [1.82, 2.24) is 9.78 Å². The molecule has 0 spiro atoms. The smallest absolute Gasteiger partial charge is 0.171 e. The molecule has 1 aliphatic rings. The van der Waals surface area contributed by atoms with Crippen LogP contribution in [-0.2, 0) is 13.5 Å². The van der Waals surface area contributed by atoms with Crippen molar-refractivity contribution >= 4 is 5.78 Å². The Labute approximate surface area is 77.7 Å².